The highest BCUT2D eigenvalue weighted by atomic mass is 16.1. The Kier molecular flexibility index (Phi) is 3.09. The van der Waals surface area contributed by atoms with Gasteiger partial charge >= 0.3 is 0 Å². The van der Waals surface area contributed by atoms with Crippen LogP contribution in [0.4, 0.5) is 0 Å². The van der Waals surface area contributed by atoms with Crippen molar-refractivity contribution < 1.29 is 4.79 Å². The molecule has 0 aliphatic heterocycles. The predicted octanol–water partition coefficient (Wildman–Crippen LogP) is 2.32. The molecule has 0 bridgehead atoms. The smallest absolute Gasteiger partial charge is 0.267 e. The van der Waals surface area contributed by atoms with Gasteiger partial charge in [-0.05, 0) is 43.7 Å². The predicted molar refractivity (Wildman–Crippen MR) is 59.7 cm³/mol. The van der Waals surface area contributed by atoms with Crippen molar-refractivity contribution >= 4 is 5.91 Å². The fourth-order valence-electron chi connectivity index (χ4n) is 2.14. The van der Waals surface area contributed by atoms with Crippen LogP contribution in [0, 0.1) is 5.92 Å². The van der Waals surface area contributed by atoms with Gasteiger partial charge in [-0.3, -0.25) is 4.79 Å². The third-order valence-corrected chi connectivity index (χ3v) is 3.19. The molecule has 1 aliphatic rings. The first-order valence-electron chi connectivity index (χ1n) is 5.70. The molecule has 0 unspecified atom stereocenters. The van der Waals surface area contributed by atoms with Crippen molar-refractivity contribution in [1.29, 1.82) is 0 Å². The van der Waals surface area contributed by atoms with Crippen LogP contribution in [0.5, 0.6) is 0 Å². The number of nitrogens with one attached hydrogen (secondary N) is 2. The summed E-state index contributed by atoms with van der Waals surface area (Å²) in [5.74, 6) is 0.850. The van der Waals surface area contributed by atoms with Crippen molar-refractivity contribution in [2.75, 3.05) is 0 Å². The van der Waals surface area contributed by atoms with Crippen molar-refractivity contribution in [3.63, 3.8) is 0 Å². The number of H-pyrrole nitrogens is 1. The van der Waals surface area contributed by atoms with Gasteiger partial charge in [0.05, 0.1) is 0 Å². The molecule has 2 rings (SSSR count). The van der Waals surface area contributed by atoms with Crippen LogP contribution < -0.4 is 5.32 Å². The summed E-state index contributed by atoms with van der Waals surface area (Å²) in [6.07, 6.45) is 6.48. The summed E-state index contributed by atoms with van der Waals surface area (Å²) < 4.78 is 0. The molecule has 1 aromatic rings. The largest absolute Gasteiger partial charge is 0.357 e. The van der Waals surface area contributed by atoms with Gasteiger partial charge in [-0.15, -0.1) is 0 Å². The van der Waals surface area contributed by atoms with E-state index in [4.69, 9.17) is 0 Å². The highest BCUT2D eigenvalue weighted by molar-refractivity contribution is 5.92. The average molecular weight is 206 g/mol. The van der Waals surface area contributed by atoms with E-state index in [2.05, 4.69) is 17.2 Å². The first-order valence-corrected chi connectivity index (χ1v) is 5.70. The SMILES string of the molecule is CC1CCC(NC(=O)c2ccc[nH]2)CC1. The van der Waals surface area contributed by atoms with E-state index in [1.165, 1.54) is 12.8 Å². The molecule has 0 aromatic carbocycles. The molecule has 2 N–H and O–H groups in total. The Morgan fingerprint density at radius 2 is 2.13 bits per heavy atom. The minimum absolute atomic E-state index is 0.0274. The van der Waals surface area contributed by atoms with Gasteiger partial charge in [0.1, 0.15) is 5.69 Å². The monoisotopic (exact) mass is 206 g/mol. The summed E-state index contributed by atoms with van der Waals surface area (Å²) in [6.45, 7) is 2.28. The molecule has 1 aliphatic carbocycles. The lowest BCUT2D eigenvalue weighted by Crippen LogP contribution is -2.37. The zero-order chi connectivity index (χ0) is 10.7. The Morgan fingerprint density at radius 1 is 1.40 bits per heavy atom. The Balaban J connectivity index is 1.85. The van der Waals surface area contributed by atoms with E-state index in [1.807, 2.05) is 6.07 Å². The van der Waals surface area contributed by atoms with Gasteiger partial charge in [-0.25, -0.2) is 0 Å². The van der Waals surface area contributed by atoms with E-state index in [-0.39, 0.29) is 5.91 Å². The second kappa shape index (κ2) is 4.51. The second-order valence-electron chi connectivity index (χ2n) is 4.51. The zero-order valence-electron chi connectivity index (χ0n) is 9.12. The summed E-state index contributed by atoms with van der Waals surface area (Å²) in [7, 11) is 0. The fraction of sp³-hybridized carbons (Fsp3) is 0.583. The fourth-order valence-corrected chi connectivity index (χ4v) is 2.14. The first-order chi connectivity index (χ1) is 7.25. The zero-order valence-corrected chi connectivity index (χ0v) is 9.12. The highest BCUT2D eigenvalue weighted by Gasteiger charge is 2.20. The quantitative estimate of drug-likeness (QED) is 0.766. The maximum atomic E-state index is 11.7. The molecule has 1 fully saturated rings. The van der Waals surface area contributed by atoms with Crippen molar-refractivity contribution in [2.45, 2.75) is 38.6 Å². The van der Waals surface area contributed by atoms with Crippen LogP contribution in [-0.4, -0.2) is 16.9 Å². The van der Waals surface area contributed by atoms with Crippen LogP contribution >= 0.6 is 0 Å². The lowest BCUT2D eigenvalue weighted by Gasteiger charge is -2.26. The Morgan fingerprint density at radius 3 is 2.73 bits per heavy atom. The minimum atomic E-state index is 0.0274. The van der Waals surface area contributed by atoms with Gasteiger partial charge in [-0.2, -0.15) is 0 Å². The molecule has 15 heavy (non-hydrogen) atoms. The van der Waals surface area contributed by atoms with E-state index >= 15 is 0 Å². The topological polar surface area (TPSA) is 44.9 Å². The van der Waals surface area contributed by atoms with Gasteiger partial charge in [-0.1, -0.05) is 6.92 Å². The molecule has 3 heteroatoms. The van der Waals surface area contributed by atoms with Gasteiger partial charge in [0, 0.05) is 12.2 Å². The first kappa shape index (κ1) is 10.3. The van der Waals surface area contributed by atoms with Crippen molar-refractivity contribution in [3.8, 4) is 0 Å². The average Bonchev–Trinajstić information content (AvgIpc) is 2.74. The summed E-state index contributed by atoms with van der Waals surface area (Å²) >= 11 is 0. The maximum Gasteiger partial charge on any atom is 0.267 e. The lowest BCUT2D eigenvalue weighted by molar-refractivity contribution is 0.0918. The third kappa shape index (κ3) is 2.61. The minimum Gasteiger partial charge on any atom is -0.357 e. The number of carbonyl (C=O) groups is 1. The molecule has 0 atom stereocenters. The van der Waals surface area contributed by atoms with Crippen molar-refractivity contribution in [1.82, 2.24) is 10.3 Å². The van der Waals surface area contributed by atoms with Gasteiger partial charge in [0.25, 0.3) is 5.91 Å². The number of hydrogen-bond donors (Lipinski definition) is 2. The molecule has 1 heterocycles. The van der Waals surface area contributed by atoms with E-state index in [1.54, 1.807) is 12.3 Å². The molecule has 0 spiro atoms. The molecular formula is C12H18N2O. The summed E-state index contributed by atoms with van der Waals surface area (Å²) in [5.41, 5.74) is 0.661. The highest BCUT2D eigenvalue weighted by Crippen LogP contribution is 2.23. The van der Waals surface area contributed by atoms with Gasteiger partial charge in [0.15, 0.2) is 0 Å². The van der Waals surface area contributed by atoms with Crippen LogP contribution in [-0.2, 0) is 0 Å². The Bertz CT molecular complexity index is 310. The number of rotatable bonds is 2. The van der Waals surface area contributed by atoms with E-state index in [0.29, 0.717) is 11.7 Å². The number of aromatic nitrogens is 1. The van der Waals surface area contributed by atoms with E-state index < -0.39 is 0 Å². The van der Waals surface area contributed by atoms with Crippen LogP contribution in [0.2, 0.25) is 0 Å². The van der Waals surface area contributed by atoms with Crippen LogP contribution in [0.15, 0.2) is 18.3 Å². The number of hydrogen-bond acceptors (Lipinski definition) is 1. The molecular weight excluding hydrogens is 188 g/mol. The molecule has 0 saturated heterocycles. The molecule has 1 saturated carbocycles. The van der Waals surface area contributed by atoms with Crippen molar-refractivity contribution in [2.24, 2.45) is 5.92 Å². The van der Waals surface area contributed by atoms with Crippen molar-refractivity contribution in [3.05, 3.63) is 24.0 Å². The third-order valence-electron chi connectivity index (χ3n) is 3.19. The van der Waals surface area contributed by atoms with Crippen LogP contribution in [0.1, 0.15) is 43.1 Å². The molecule has 1 amide bonds. The second-order valence-corrected chi connectivity index (χ2v) is 4.51. The van der Waals surface area contributed by atoms with Crippen LogP contribution in [0.25, 0.3) is 0 Å². The maximum absolute atomic E-state index is 11.7. The number of aromatic amines is 1. The molecule has 82 valence electrons. The van der Waals surface area contributed by atoms with E-state index in [0.717, 1.165) is 18.8 Å². The van der Waals surface area contributed by atoms with E-state index in [9.17, 15) is 4.79 Å². The summed E-state index contributed by atoms with van der Waals surface area (Å²) in [6, 6.07) is 4.02. The number of amides is 1. The van der Waals surface area contributed by atoms with Gasteiger partial charge < -0.3 is 10.3 Å². The lowest BCUT2D eigenvalue weighted by atomic mass is 9.87. The Labute approximate surface area is 90.3 Å². The Hall–Kier alpha value is -1.25. The van der Waals surface area contributed by atoms with Crippen LogP contribution in [0.3, 0.4) is 0 Å². The summed E-state index contributed by atoms with van der Waals surface area (Å²) in [5, 5.41) is 3.07. The summed E-state index contributed by atoms with van der Waals surface area (Å²) in [4.78, 5) is 14.6. The molecule has 3 nitrogen and oxygen atoms in total. The normalized spacial score (nSPS) is 26.2. The molecule has 1 aromatic heterocycles. The number of carbonyl (C=O) groups excluding carboxylic acids is 1. The standard InChI is InChI=1S/C12H18N2O/c1-9-4-6-10(7-5-9)14-12(15)11-3-2-8-13-11/h2-3,8-10,13H,4-7H2,1H3,(H,14,15). The molecule has 0 radical (unpaired) electrons. The van der Waals surface area contributed by atoms with Gasteiger partial charge in [0.2, 0.25) is 0 Å².